The second-order valence-corrected chi connectivity index (χ2v) is 10.6. The maximum absolute atomic E-state index is 13.0. The fourth-order valence-electron chi connectivity index (χ4n) is 4.64. The summed E-state index contributed by atoms with van der Waals surface area (Å²) in [6.45, 7) is 4.69. The predicted molar refractivity (Wildman–Crippen MR) is 115 cm³/mol. The van der Waals surface area contributed by atoms with E-state index >= 15 is 0 Å². The number of aryl methyl sites for hydroxylation is 1. The number of aliphatic hydroxyl groups is 1. The molecular formula is C20H29N5O4S. The average Bonchev–Trinajstić information content (AvgIpc) is 3.02. The Balaban J connectivity index is 1.63. The van der Waals surface area contributed by atoms with Crippen LogP contribution in [0.2, 0.25) is 0 Å². The van der Waals surface area contributed by atoms with Crippen molar-refractivity contribution in [2.24, 2.45) is 5.92 Å². The quantitative estimate of drug-likeness (QED) is 0.742. The lowest BCUT2D eigenvalue weighted by atomic mass is 10.0. The van der Waals surface area contributed by atoms with E-state index in [2.05, 4.69) is 15.3 Å². The lowest BCUT2D eigenvalue weighted by Crippen LogP contribution is -2.42. The van der Waals surface area contributed by atoms with E-state index in [4.69, 9.17) is 0 Å². The van der Waals surface area contributed by atoms with Gasteiger partial charge < -0.3 is 10.4 Å². The van der Waals surface area contributed by atoms with Crippen LogP contribution in [0.1, 0.15) is 44.2 Å². The van der Waals surface area contributed by atoms with Crippen LogP contribution in [0.3, 0.4) is 0 Å². The highest BCUT2D eigenvalue weighted by atomic mass is 32.2. The smallest absolute Gasteiger partial charge is 0.255 e. The summed E-state index contributed by atoms with van der Waals surface area (Å²) in [7, 11) is -3.17. The standard InChI is InChI=1S/C20H29N5O4S/c1-12-10-14-11-21-20(22-15-6-8-24(9-7-15)30(3,28)29)23-18(14)25(19(12)27)16-4-5-17(26)13(16)2/h10-11,13,15-17,26H,4-9H2,1-3H3,(H,21,22,23)/t13-,16+,17+/m1/s1. The SMILES string of the molecule is Cc1cc2cnc(NC3CCN(S(C)(=O)=O)CC3)nc2n([C@H]2CC[C@H](O)[C@@H]2C)c1=O. The molecule has 2 N–H and O–H groups in total. The Hall–Kier alpha value is -2.04. The Bertz CT molecular complexity index is 1110. The summed E-state index contributed by atoms with van der Waals surface area (Å²) < 4.78 is 26.6. The van der Waals surface area contributed by atoms with Crippen molar-refractivity contribution in [3.63, 3.8) is 0 Å². The molecule has 0 radical (unpaired) electrons. The Morgan fingerprint density at radius 2 is 1.90 bits per heavy atom. The average molecular weight is 436 g/mol. The van der Waals surface area contributed by atoms with Crippen LogP contribution < -0.4 is 10.9 Å². The molecule has 3 atom stereocenters. The molecule has 30 heavy (non-hydrogen) atoms. The van der Waals surface area contributed by atoms with Crippen molar-refractivity contribution in [1.29, 1.82) is 0 Å². The van der Waals surface area contributed by atoms with Gasteiger partial charge in [0, 0.05) is 48.2 Å². The van der Waals surface area contributed by atoms with Gasteiger partial charge in [0.25, 0.3) is 5.56 Å². The third-order valence-corrected chi connectivity index (χ3v) is 7.82. The van der Waals surface area contributed by atoms with Crippen LogP contribution in [-0.2, 0) is 10.0 Å². The topological polar surface area (TPSA) is 117 Å². The van der Waals surface area contributed by atoms with Crippen LogP contribution in [0.15, 0.2) is 17.1 Å². The largest absolute Gasteiger partial charge is 0.393 e. The zero-order chi connectivity index (χ0) is 21.6. The lowest BCUT2D eigenvalue weighted by Gasteiger charge is -2.30. The van der Waals surface area contributed by atoms with Gasteiger partial charge in [0.2, 0.25) is 16.0 Å². The molecule has 0 amide bonds. The van der Waals surface area contributed by atoms with E-state index in [0.29, 0.717) is 49.5 Å². The molecule has 3 heterocycles. The molecule has 9 nitrogen and oxygen atoms in total. The first-order chi connectivity index (χ1) is 14.1. The molecule has 2 aliphatic rings. The van der Waals surface area contributed by atoms with Gasteiger partial charge in [-0.2, -0.15) is 4.98 Å². The number of pyridine rings is 1. The molecule has 2 aromatic rings. The van der Waals surface area contributed by atoms with Gasteiger partial charge in [0.1, 0.15) is 5.65 Å². The minimum atomic E-state index is -3.17. The first-order valence-electron chi connectivity index (χ1n) is 10.4. The van der Waals surface area contributed by atoms with E-state index in [9.17, 15) is 18.3 Å². The van der Waals surface area contributed by atoms with Crippen molar-refractivity contribution in [2.75, 3.05) is 24.7 Å². The van der Waals surface area contributed by atoms with Crippen molar-refractivity contribution in [1.82, 2.24) is 18.8 Å². The highest BCUT2D eigenvalue weighted by Crippen LogP contribution is 2.36. The fraction of sp³-hybridized carbons (Fsp3) is 0.650. The lowest BCUT2D eigenvalue weighted by molar-refractivity contribution is 0.129. The van der Waals surface area contributed by atoms with Crippen molar-refractivity contribution >= 4 is 27.0 Å². The molecule has 1 aliphatic heterocycles. The van der Waals surface area contributed by atoms with Gasteiger partial charge in [-0.1, -0.05) is 6.92 Å². The van der Waals surface area contributed by atoms with Crippen LogP contribution in [0.25, 0.3) is 11.0 Å². The number of hydrogen-bond donors (Lipinski definition) is 2. The second-order valence-electron chi connectivity index (χ2n) is 8.63. The third-order valence-electron chi connectivity index (χ3n) is 6.51. The number of hydrogen-bond acceptors (Lipinski definition) is 7. The fourth-order valence-corrected chi connectivity index (χ4v) is 5.51. The van der Waals surface area contributed by atoms with E-state index < -0.39 is 16.1 Å². The number of nitrogens with one attached hydrogen (secondary N) is 1. The van der Waals surface area contributed by atoms with E-state index in [0.717, 1.165) is 11.8 Å². The zero-order valence-corrected chi connectivity index (χ0v) is 18.4. The van der Waals surface area contributed by atoms with Crippen LogP contribution in [0.4, 0.5) is 5.95 Å². The summed E-state index contributed by atoms with van der Waals surface area (Å²) in [6, 6.07) is 1.77. The molecule has 0 unspecified atom stereocenters. The van der Waals surface area contributed by atoms with Gasteiger partial charge in [0.05, 0.1) is 12.4 Å². The number of nitrogens with zero attached hydrogens (tertiary/aromatic N) is 4. The number of aliphatic hydroxyl groups excluding tert-OH is 1. The highest BCUT2D eigenvalue weighted by molar-refractivity contribution is 7.88. The molecule has 4 rings (SSSR count). The summed E-state index contributed by atoms with van der Waals surface area (Å²) in [5.41, 5.74) is 1.12. The summed E-state index contributed by atoms with van der Waals surface area (Å²) in [5.74, 6) is 0.405. The summed E-state index contributed by atoms with van der Waals surface area (Å²) in [6.07, 6.45) is 5.27. The summed E-state index contributed by atoms with van der Waals surface area (Å²) in [5, 5.41) is 14.3. The molecule has 164 valence electrons. The number of aromatic nitrogens is 3. The van der Waals surface area contributed by atoms with E-state index in [1.807, 2.05) is 6.92 Å². The number of fused-ring (bicyclic) bond motifs is 1. The minimum Gasteiger partial charge on any atom is -0.393 e. The zero-order valence-electron chi connectivity index (χ0n) is 17.6. The second kappa shape index (κ2) is 7.90. The van der Waals surface area contributed by atoms with Gasteiger partial charge in [-0.25, -0.2) is 17.7 Å². The predicted octanol–water partition coefficient (Wildman–Crippen LogP) is 1.27. The number of anilines is 1. The summed E-state index contributed by atoms with van der Waals surface area (Å²) in [4.78, 5) is 22.1. The van der Waals surface area contributed by atoms with Crippen LogP contribution in [0, 0.1) is 12.8 Å². The Labute approximate surface area is 176 Å². The number of rotatable bonds is 4. The molecule has 2 fully saturated rings. The van der Waals surface area contributed by atoms with Gasteiger partial charge >= 0.3 is 0 Å². The molecular weight excluding hydrogens is 406 g/mol. The van der Waals surface area contributed by atoms with Gasteiger partial charge in [-0.15, -0.1) is 0 Å². The Kier molecular flexibility index (Phi) is 5.58. The van der Waals surface area contributed by atoms with Gasteiger partial charge in [-0.3, -0.25) is 9.36 Å². The molecule has 1 saturated carbocycles. The van der Waals surface area contributed by atoms with Gasteiger partial charge in [-0.05, 0) is 38.7 Å². The maximum Gasteiger partial charge on any atom is 0.255 e. The number of piperidine rings is 1. The molecule has 1 saturated heterocycles. The molecule has 0 spiro atoms. The summed E-state index contributed by atoms with van der Waals surface area (Å²) >= 11 is 0. The van der Waals surface area contributed by atoms with E-state index in [1.165, 1.54) is 10.6 Å². The Morgan fingerprint density at radius 3 is 2.50 bits per heavy atom. The first-order valence-corrected chi connectivity index (χ1v) is 12.3. The molecule has 0 bridgehead atoms. The third kappa shape index (κ3) is 3.95. The van der Waals surface area contributed by atoms with Crippen LogP contribution >= 0.6 is 0 Å². The molecule has 10 heteroatoms. The van der Waals surface area contributed by atoms with Crippen molar-refractivity contribution in [3.8, 4) is 0 Å². The molecule has 1 aliphatic carbocycles. The normalized spacial score (nSPS) is 26.3. The number of sulfonamides is 1. The van der Waals surface area contributed by atoms with Crippen molar-refractivity contribution in [2.45, 2.75) is 57.7 Å². The monoisotopic (exact) mass is 435 g/mol. The maximum atomic E-state index is 13.0. The minimum absolute atomic E-state index is 0.0283. The van der Waals surface area contributed by atoms with E-state index in [1.54, 1.807) is 23.8 Å². The first kappa shape index (κ1) is 21.2. The molecule has 2 aromatic heterocycles. The highest BCUT2D eigenvalue weighted by Gasteiger charge is 2.34. The van der Waals surface area contributed by atoms with Crippen molar-refractivity contribution < 1.29 is 13.5 Å². The van der Waals surface area contributed by atoms with Crippen LogP contribution in [-0.4, -0.2) is 63.9 Å². The van der Waals surface area contributed by atoms with Crippen LogP contribution in [0.5, 0.6) is 0 Å². The van der Waals surface area contributed by atoms with E-state index in [-0.39, 0.29) is 23.6 Å². The van der Waals surface area contributed by atoms with Crippen molar-refractivity contribution in [3.05, 3.63) is 28.2 Å². The van der Waals surface area contributed by atoms with Gasteiger partial charge in [0.15, 0.2) is 0 Å². The Morgan fingerprint density at radius 1 is 1.20 bits per heavy atom. The molecule has 0 aromatic carbocycles.